The van der Waals surface area contributed by atoms with Crippen molar-refractivity contribution in [3.8, 4) is 11.5 Å². The summed E-state index contributed by atoms with van der Waals surface area (Å²) in [7, 11) is 0. The highest BCUT2D eigenvalue weighted by Gasteiger charge is 2.22. The van der Waals surface area contributed by atoms with Gasteiger partial charge < -0.3 is 20.1 Å². The molecule has 1 heterocycles. The lowest BCUT2D eigenvalue weighted by molar-refractivity contribution is -0.126. The first-order chi connectivity index (χ1) is 12.2. The summed E-state index contributed by atoms with van der Waals surface area (Å²) in [6, 6.07) is 5.90. The van der Waals surface area contributed by atoms with Crippen LogP contribution in [-0.2, 0) is 4.79 Å². The number of piperidine rings is 1. The molecule has 0 aromatic heterocycles. The predicted molar refractivity (Wildman–Crippen MR) is 107 cm³/mol. The second-order valence-corrected chi connectivity index (χ2v) is 6.66. The van der Waals surface area contributed by atoms with Crippen LogP contribution in [0.1, 0.15) is 58.1 Å². The maximum absolute atomic E-state index is 12.5. The third kappa shape index (κ3) is 6.69. The van der Waals surface area contributed by atoms with Crippen LogP contribution in [0.15, 0.2) is 18.2 Å². The number of rotatable bonds is 9. The number of ether oxygens (including phenoxy) is 2. The number of hydrogen-bond donors (Lipinski definition) is 2. The summed E-state index contributed by atoms with van der Waals surface area (Å²) in [4.78, 5) is 12.5. The van der Waals surface area contributed by atoms with E-state index in [0.717, 1.165) is 55.8 Å². The zero-order valence-corrected chi connectivity index (χ0v) is 17.0. The van der Waals surface area contributed by atoms with Gasteiger partial charge in [-0.15, -0.1) is 12.4 Å². The zero-order chi connectivity index (χ0) is 18.1. The van der Waals surface area contributed by atoms with Crippen molar-refractivity contribution >= 4 is 18.3 Å². The maximum Gasteiger partial charge on any atom is 0.223 e. The second-order valence-electron chi connectivity index (χ2n) is 6.66. The van der Waals surface area contributed by atoms with Gasteiger partial charge in [-0.1, -0.05) is 19.9 Å². The molecule has 0 spiro atoms. The number of hydrogen-bond acceptors (Lipinski definition) is 4. The fraction of sp³-hybridized carbons (Fsp3) is 0.650. The van der Waals surface area contributed by atoms with E-state index in [9.17, 15) is 4.79 Å². The standard InChI is InChI=1S/C20H32N2O3.ClH/c1-4-12-24-18-7-6-17(14-19(18)25-13-5-2)15(3)22-20(23)16-8-10-21-11-9-16;/h6-7,14-16,21H,4-5,8-13H2,1-3H3,(H,22,23);1H. The van der Waals surface area contributed by atoms with E-state index in [1.165, 1.54) is 0 Å². The zero-order valence-electron chi connectivity index (χ0n) is 16.2. The Morgan fingerprint density at radius 2 is 1.77 bits per heavy atom. The molecule has 2 rings (SSSR count). The lowest BCUT2D eigenvalue weighted by Crippen LogP contribution is -2.39. The van der Waals surface area contributed by atoms with Gasteiger partial charge >= 0.3 is 0 Å². The normalized spacial score (nSPS) is 15.7. The van der Waals surface area contributed by atoms with Gasteiger partial charge in [0.25, 0.3) is 0 Å². The minimum atomic E-state index is -0.0495. The van der Waals surface area contributed by atoms with Crippen molar-refractivity contribution < 1.29 is 14.3 Å². The third-order valence-corrected chi connectivity index (χ3v) is 4.46. The van der Waals surface area contributed by atoms with Crippen molar-refractivity contribution in [1.29, 1.82) is 0 Å². The molecule has 1 atom stereocenters. The Balaban J connectivity index is 0.00000338. The van der Waals surface area contributed by atoms with Gasteiger partial charge in [-0.25, -0.2) is 0 Å². The van der Waals surface area contributed by atoms with E-state index < -0.39 is 0 Å². The van der Waals surface area contributed by atoms with Gasteiger partial charge in [0.05, 0.1) is 19.3 Å². The van der Waals surface area contributed by atoms with Crippen LogP contribution in [0, 0.1) is 5.92 Å². The summed E-state index contributed by atoms with van der Waals surface area (Å²) in [5.41, 5.74) is 1.04. The molecule has 1 amide bonds. The summed E-state index contributed by atoms with van der Waals surface area (Å²) in [6.45, 7) is 9.35. The van der Waals surface area contributed by atoms with Gasteiger partial charge in [0.2, 0.25) is 5.91 Å². The molecule has 1 fully saturated rings. The summed E-state index contributed by atoms with van der Waals surface area (Å²) in [5, 5.41) is 6.44. The smallest absolute Gasteiger partial charge is 0.223 e. The van der Waals surface area contributed by atoms with Crippen LogP contribution < -0.4 is 20.1 Å². The van der Waals surface area contributed by atoms with Gasteiger partial charge in [-0.3, -0.25) is 4.79 Å². The largest absolute Gasteiger partial charge is 0.490 e. The number of nitrogens with one attached hydrogen (secondary N) is 2. The van der Waals surface area contributed by atoms with Gasteiger partial charge in [0, 0.05) is 5.92 Å². The summed E-state index contributed by atoms with van der Waals surface area (Å²) in [5.74, 6) is 1.80. The van der Waals surface area contributed by atoms with E-state index in [2.05, 4.69) is 24.5 Å². The first kappa shape index (κ1) is 22.6. The summed E-state index contributed by atoms with van der Waals surface area (Å²) < 4.78 is 11.6. The maximum atomic E-state index is 12.5. The first-order valence-corrected chi connectivity index (χ1v) is 9.56. The fourth-order valence-electron chi connectivity index (χ4n) is 2.95. The van der Waals surface area contributed by atoms with Crippen molar-refractivity contribution in [2.24, 2.45) is 5.92 Å². The van der Waals surface area contributed by atoms with Crippen LogP contribution >= 0.6 is 12.4 Å². The van der Waals surface area contributed by atoms with Crippen molar-refractivity contribution in [3.05, 3.63) is 23.8 Å². The molecule has 1 aliphatic heterocycles. The number of carbonyl (C=O) groups excluding carboxylic acids is 1. The molecular formula is C20H33ClN2O3. The molecule has 0 bridgehead atoms. The minimum absolute atomic E-state index is 0. The molecule has 6 heteroatoms. The van der Waals surface area contributed by atoms with Crippen LogP contribution in [-0.4, -0.2) is 32.2 Å². The lowest BCUT2D eigenvalue weighted by atomic mass is 9.96. The summed E-state index contributed by atoms with van der Waals surface area (Å²) >= 11 is 0. The average Bonchev–Trinajstić information content (AvgIpc) is 2.65. The first-order valence-electron chi connectivity index (χ1n) is 9.56. The monoisotopic (exact) mass is 384 g/mol. The second kappa shape index (κ2) is 12.0. The third-order valence-electron chi connectivity index (χ3n) is 4.46. The molecule has 1 aromatic carbocycles. The highest BCUT2D eigenvalue weighted by molar-refractivity contribution is 5.85. The van der Waals surface area contributed by atoms with Crippen molar-refractivity contribution in [2.75, 3.05) is 26.3 Å². The Morgan fingerprint density at radius 3 is 2.38 bits per heavy atom. The van der Waals surface area contributed by atoms with Gasteiger partial charge in [0.1, 0.15) is 0 Å². The van der Waals surface area contributed by atoms with E-state index in [0.29, 0.717) is 13.2 Å². The van der Waals surface area contributed by atoms with E-state index >= 15 is 0 Å². The van der Waals surface area contributed by atoms with E-state index in [1.807, 2.05) is 25.1 Å². The Bertz CT molecular complexity index is 548. The summed E-state index contributed by atoms with van der Waals surface area (Å²) in [6.07, 6.45) is 3.72. The molecule has 2 N–H and O–H groups in total. The van der Waals surface area contributed by atoms with Gasteiger partial charge in [0.15, 0.2) is 11.5 Å². The average molecular weight is 385 g/mol. The Labute approximate surface area is 163 Å². The van der Waals surface area contributed by atoms with Crippen LogP contribution in [0.25, 0.3) is 0 Å². The Kier molecular flexibility index (Phi) is 10.4. The van der Waals surface area contributed by atoms with Crippen LogP contribution in [0.5, 0.6) is 11.5 Å². The van der Waals surface area contributed by atoms with E-state index in [1.54, 1.807) is 0 Å². The van der Waals surface area contributed by atoms with Gasteiger partial charge in [-0.05, 0) is 63.4 Å². The Morgan fingerprint density at radius 1 is 1.15 bits per heavy atom. The van der Waals surface area contributed by atoms with Crippen molar-refractivity contribution in [3.63, 3.8) is 0 Å². The Hall–Kier alpha value is -1.46. The van der Waals surface area contributed by atoms with Gasteiger partial charge in [-0.2, -0.15) is 0 Å². The molecule has 1 aromatic rings. The van der Waals surface area contributed by atoms with Crippen molar-refractivity contribution in [1.82, 2.24) is 10.6 Å². The SMILES string of the molecule is CCCOc1ccc(C(C)NC(=O)C2CCNCC2)cc1OCCC.Cl. The predicted octanol–water partition coefficient (Wildman–Crippen LogP) is 3.86. The van der Waals surface area contributed by atoms with E-state index in [-0.39, 0.29) is 30.3 Å². The molecule has 26 heavy (non-hydrogen) atoms. The highest BCUT2D eigenvalue weighted by atomic mass is 35.5. The highest BCUT2D eigenvalue weighted by Crippen LogP contribution is 2.31. The molecule has 0 radical (unpaired) electrons. The number of halogens is 1. The number of benzene rings is 1. The quantitative estimate of drug-likeness (QED) is 0.678. The minimum Gasteiger partial charge on any atom is -0.490 e. The fourth-order valence-corrected chi connectivity index (χ4v) is 2.95. The van der Waals surface area contributed by atoms with Crippen LogP contribution in [0.3, 0.4) is 0 Å². The molecule has 0 saturated carbocycles. The molecule has 5 nitrogen and oxygen atoms in total. The lowest BCUT2D eigenvalue weighted by Gasteiger charge is -2.24. The molecule has 148 valence electrons. The molecule has 1 aliphatic rings. The molecule has 1 saturated heterocycles. The van der Waals surface area contributed by atoms with Crippen LogP contribution in [0.2, 0.25) is 0 Å². The van der Waals surface area contributed by atoms with E-state index in [4.69, 9.17) is 9.47 Å². The number of carbonyl (C=O) groups is 1. The molecular weight excluding hydrogens is 352 g/mol. The van der Waals surface area contributed by atoms with Crippen LogP contribution in [0.4, 0.5) is 0 Å². The molecule has 1 unspecified atom stereocenters. The molecule has 0 aliphatic carbocycles. The van der Waals surface area contributed by atoms with Crippen molar-refractivity contribution in [2.45, 2.75) is 52.5 Å². The number of amides is 1. The topological polar surface area (TPSA) is 59.6 Å².